The number of aliphatic hydroxyl groups excluding tert-OH is 1. The van der Waals surface area contributed by atoms with Crippen LogP contribution in [0.2, 0.25) is 0 Å². The maximum atomic E-state index is 13.2. The Bertz CT molecular complexity index is 796. The van der Waals surface area contributed by atoms with Crippen molar-refractivity contribution in [2.75, 3.05) is 0 Å². The third-order valence-electron chi connectivity index (χ3n) is 9.55. The summed E-state index contributed by atoms with van der Waals surface area (Å²) in [7, 11) is 0. The quantitative estimate of drug-likeness (QED) is 0.632. The van der Waals surface area contributed by atoms with E-state index < -0.39 is 5.41 Å². The van der Waals surface area contributed by atoms with Crippen LogP contribution in [0, 0.1) is 45.3 Å². The van der Waals surface area contributed by atoms with Crippen LogP contribution in [0.15, 0.2) is 23.3 Å². The van der Waals surface area contributed by atoms with Gasteiger partial charge in [-0.05, 0) is 68.1 Å². The Morgan fingerprint density at radius 1 is 1.11 bits per heavy atom. The molecule has 27 heavy (non-hydrogen) atoms. The molecule has 0 heterocycles. The van der Waals surface area contributed by atoms with Crippen molar-refractivity contribution in [2.24, 2.45) is 34.0 Å². The highest BCUT2D eigenvalue weighted by Crippen LogP contribution is 2.67. The number of nitriles is 1. The van der Waals surface area contributed by atoms with Crippen LogP contribution < -0.4 is 0 Å². The third kappa shape index (κ3) is 2.03. The highest BCUT2D eigenvalue weighted by Gasteiger charge is 2.62. The molecule has 6 atom stereocenters. The number of ketones is 1. The van der Waals surface area contributed by atoms with Crippen LogP contribution in [-0.2, 0) is 4.79 Å². The fraction of sp³-hybridized carbons (Fsp3) is 0.750. The summed E-state index contributed by atoms with van der Waals surface area (Å²) in [4.78, 5) is 13.2. The lowest BCUT2D eigenvalue weighted by Gasteiger charge is -2.58. The number of fused-ring (bicyclic) bond motifs is 6. The summed E-state index contributed by atoms with van der Waals surface area (Å²) < 4.78 is 0. The third-order valence-corrected chi connectivity index (χ3v) is 9.55. The molecule has 5 aliphatic carbocycles. The van der Waals surface area contributed by atoms with Gasteiger partial charge in [0, 0.05) is 5.41 Å². The molecule has 1 spiro atoms. The van der Waals surface area contributed by atoms with Crippen LogP contribution in [0.4, 0.5) is 0 Å². The molecule has 5 rings (SSSR count). The molecule has 0 aliphatic heterocycles. The fourth-order valence-corrected chi connectivity index (χ4v) is 8.21. The van der Waals surface area contributed by atoms with Crippen molar-refractivity contribution < 1.29 is 9.90 Å². The fourth-order valence-electron chi connectivity index (χ4n) is 8.21. The summed E-state index contributed by atoms with van der Waals surface area (Å²) in [5.41, 5.74) is 1.26. The minimum Gasteiger partial charge on any atom is -0.393 e. The van der Waals surface area contributed by atoms with E-state index in [-0.39, 0.29) is 22.7 Å². The molecule has 3 heteroatoms. The predicted molar refractivity (Wildman–Crippen MR) is 103 cm³/mol. The van der Waals surface area contributed by atoms with Crippen LogP contribution in [0.5, 0.6) is 0 Å². The number of hydrogen-bond donors (Lipinski definition) is 1. The van der Waals surface area contributed by atoms with E-state index in [0.29, 0.717) is 23.3 Å². The smallest absolute Gasteiger partial charge is 0.183 e. The van der Waals surface area contributed by atoms with E-state index in [1.807, 2.05) is 0 Å². The minimum absolute atomic E-state index is 0.0557. The van der Waals surface area contributed by atoms with E-state index in [2.05, 4.69) is 32.1 Å². The van der Waals surface area contributed by atoms with Gasteiger partial charge in [-0.25, -0.2) is 0 Å². The monoisotopic (exact) mass is 365 g/mol. The SMILES string of the molecule is CC12CCC3C(CC=C4C5(CCCC5)C(=O)C(C#N)=C[C@@]43C)C1CCC2O. The summed E-state index contributed by atoms with van der Waals surface area (Å²) in [5.74, 6) is 1.73. The molecule has 5 aliphatic rings. The lowest BCUT2D eigenvalue weighted by molar-refractivity contribution is -0.125. The van der Waals surface area contributed by atoms with Crippen LogP contribution in [-0.4, -0.2) is 17.0 Å². The average Bonchev–Trinajstić information content (AvgIpc) is 3.25. The van der Waals surface area contributed by atoms with Gasteiger partial charge < -0.3 is 5.11 Å². The topological polar surface area (TPSA) is 61.1 Å². The van der Waals surface area contributed by atoms with Gasteiger partial charge in [0.1, 0.15) is 6.07 Å². The predicted octanol–water partition coefficient (Wildman–Crippen LogP) is 4.72. The zero-order chi connectivity index (χ0) is 19.0. The number of nitrogens with zero attached hydrogens (tertiary/aromatic N) is 1. The second-order valence-electron chi connectivity index (χ2n) is 10.4. The standard InChI is InChI=1S/C24H31NO2/c1-22-12-9-18-16(17(22)6-8-20(22)26)5-7-19-23(18,2)13-15(14-25)21(27)24(19)10-3-4-11-24/h7,13,16-18,20,26H,3-6,8-12H2,1-2H3/t16?,17?,18?,20?,22?,23-/m1/s1. The Hall–Kier alpha value is -1.40. The van der Waals surface area contributed by atoms with Crippen LogP contribution in [0.25, 0.3) is 0 Å². The van der Waals surface area contributed by atoms with Crippen LogP contribution >= 0.6 is 0 Å². The van der Waals surface area contributed by atoms with Gasteiger partial charge >= 0.3 is 0 Å². The van der Waals surface area contributed by atoms with Crippen molar-refractivity contribution in [2.45, 2.75) is 77.7 Å². The molecular weight excluding hydrogens is 334 g/mol. The van der Waals surface area contributed by atoms with Gasteiger partial charge in [-0.2, -0.15) is 5.26 Å². The van der Waals surface area contributed by atoms with Gasteiger partial charge in [-0.15, -0.1) is 0 Å². The van der Waals surface area contributed by atoms with Gasteiger partial charge in [0.2, 0.25) is 0 Å². The number of rotatable bonds is 0. The minimum atomic E-state index is -0.393. The van der Waals surface area contributed by atoms with Crippen molar-refractivity contribution in [1.82, 2.24) is 0 Å². The maximum absolute atomic E-state index is 13.2. The number of carbonyl (C=O) groups is 1. The molecule has 3 nitrogen and oxygen atoms in total. The summed E-state index contributed by atoms with van der Waals surface area (Å²) in [6, 6.07) is 2.26. The maximum Gasteiger partial charge on any atom is 0.183 e. The molecule has 0 aromatic heterocycles. The highest BCUT2D eigenvalue weighted by molar-refractivity contribution is 6.07. The first kappa shape index (κ1) is 17.7. The van der Waals surface area contributed by atoms with Crippen molar-refractivity contribution in [1.29, 1.82) is 5.26 Å². The van der Waals surface area contributed by atoms with Crippen molar-refractivity contribution in [3.05, 3.63) is 23.3 Å². The number of hydrogen-bond acceptors (Lipinski definition) is 3. The van der Waals surface area contributed by atoms with Gasteiger partial charge in [-0.1, -0.05) is 44.4 Å². The zero-order valence-electron chi connectivity index (χ0n) is 16.6. The Morgan fingerprint density at radius 2 is 1.85 bits per heavy atom. The number of allylic oxidation sites excluding steroid dienone is 4. The van der Waals surface area contributed by atoms with Gasteiger partial charge in [0.15, 0.2) is 5.78 Å². The first-order valence-corrected chi connectivity index (χ1v) is 10.9. The van der Waals surface area contributed by atoms with Gasteiger partial charge in [-0.3, -0.25) is 4.79 Å². The molecule has 0 amide bonds. The molecule has 3 fully saturated rings. The largest absolute Gasteiger partial charge is 0.393 e. The zero-order valence-corrected chi connectivity index (χ0v) is 16.6. The van der Waals surface area contributed by atoms with E-state index >= 15 is 0 Å². The Balaban J connectivity index is 1.63. The van der Waals surface area contributed by atoms with E-state index in [9.17, 15) is 15.2 Å². The molecule has 0 radical (unpaired) electrons. The van der Waals surface area contributed by atoms with E-state index in [0.717, 1.165) is 57.8 Å². The first-order chi connectivity index (χ1) is 12.9. The van der Waals surface area contributed by atoms with Crippen molar-refractivity contribution >= 4 is 5.78 Å². The molecule has 0 bridgehead atoms. The highest BCUT2D eigenvalue weighted by atomic mass is 16.3. The van der Waals surface area contributed by atoms with Crippen molar-refractivity contribution in [3.8, 4) is 6.07 Å². The average molecular weight is 366 g/mol. The second kappa shape index (κ2) is 5.57. The first-order valence-electron chi connectivity index (χ1n) is 10.9. The van der Waals surface area contributed by atoms with E-state index in [1.54, 1.807) is 0 Å². The van der Waals surface area contributed by atoms with E-state index in [4.69, 9.17) is 0 Å². The van der Waals surface area contributed by atoms with Gasteiger partial charge in [0.05, 0.1) is 17.1 Å². The Kier molecular flexibility index (Phi) is 3.65. The molecule has 3 saturated carbocycles. The Morgan fingerprint density at radius 3 is 2.56 bits per heavy atom. The van der Waals surface area contributed by atoms with Crippen LogP contribution in [0.1, 0.15) is 71.6 Å². The van der Waals surface area contributed by atoms with E-state index in [1.165, 1.54) is 5.57 Å². The normalized spacial score (nSPS) is 47.6. The lowest BCUT2D eigenvalue weighted by Crippen LogP contribution is -2.53. The molecular formula is C24H31NO2. The molecule has 0 saturated heterocycles. The second-order valence-corrected chi connectivity index (χ2v) is 10.4. The number of aliphatic hydroxyl groups is 1. The molecule has 0 aromatic rings. The molecule has 0 aromatic carbocycles. The summed E-state index contributed by atoms with van der Waals surface area (Å²) in [6.45, 7) is 4.61. The summed E-state index contributed by atoms with van der Waals surface area (Å²) in [6.07, 6.45) is 13.6. The van der Waals surface area contributed by atoms with Crippen LogP contribution in [0.3, 0.4) is 0 Å². The summed E-state index contributed by atoms with van der Waals surface area (Å²) in [5, 5.41) is 20.4. The lowest BCUT2D eigenvalue weighted by atomic mass is 9.45. The summed E-state index contributed by atoms with van der Waals surface area (Å²) >= 11 is 0. The number of carbonyl (C=O) groups excluding carboxylic acids is 1. The van der Waals surface area contributed by atoms with Gasteiger partial charge in [0.25, 0.3) is 0 Å². The number of Topliss-reactive ketones (excluding diaryl/α,β-unsaturated/α-hetero) is 1. The molecule has 144 valence electrons. The Labute approximate surface area is 162 Å². The van der Waals surface area contributed by atoms with Crippen molar-refractivity contribution in [3.63, 3.8) is 0 Å². The molecule has 1 N–H and O–H groups in total. The molecule has 5 unspecified atom stereocenters.